The van der Waals surface area contributed by atoms with Gasteiger partial charge in [0.2, 0.25) is 0 Å². The number of hydrogen-bond acceptors (Lipinski definition) is 4. The van der Waals surface area contributed by atoms with Gasteiger partial charge in [-0.2, -0.15) is 8.42 Å². The van der Waals surface area contributed by atoms with E-state index in [9.17, 15) is 13.5 Å². The number of aliphatic hydroxyl groups is 1. The first-order valence-electron chi connectivity index (χ1n) is 4.54. The van der Waals surface area contributed by atoms with Crippen LogP contribution in [0.15, 0.2) is 18.2 Å². The van der Waals surface area contributed by atoms with E-state index in [0.717, 1.165) is 0 Å². The fourth-order valence-corrected chi connectivity index (χ4v) is 2.20. The molecular weight excluding hydrogens is 289 g/mol. The minimum Gasteiger partial charge on any atom is -0.386 e. The van der Waals surface area contributed by atoms with Crippen LogP contribution in [0.5, 0.6) is 0 Å². The maximum Gasteiger partial charge on any atom is 0.333 e. The Balaban J connectivity index is 2.96. The van der Waals surface area contributed by atoms with Gasteiger partial charge in [-0.1, -0.05) is 23.2 Å². The van der Waals surface area contributed by atoms with E-state index >= 15 is 0 Å². The van der Waals surface area contributed by atoms with Crippen molar-refractivity contribution >= 4 is 33.5 Å². The van der Waals surface area contributed by atoms with E-state index in [2.05, 4.69) is 4.18 Å². The lowest BCUT2D eigenvalue weighted by Crippen LogP contribution is -2.27. The lowest BCUT2D eigenvalue weighted by molar-refractivity contribution is 0.0509. The molecule has 0 fully saturated rings. The molecule has 5 nitrogen and oxygen atoms in total. The molecule has 0 bridgehead atoms. The molecule has 0 aliphatic rings. The summed E-state index contributed by atoms with van der Waals surface area (Å²) < 4.78 is 25.9. The average molecular weight is 300 g/mol. The number of halogens is 2. The first-order valence-corrected chi connectivity index (χ1v) is 6.77. The lowest BCUT2D eigenvalue weighted by atomic mass is 10.1. The summed E-state index contributed by atoms with van der Waals surface area (Å²) in [5.74, 6) is 0. The van der Waals surface area contributed by atoms with Gasteiger partial charge in [-0.15, -0.1) is 0 Å². The summed E-state index contributed by atoms with van der Waals surface area (Å²) in [5, 5.41) is 15.2. The third kappa shape index (κ3) is 4.42. The molecule has 0 unspecified atom stereocenters. The second-order valence-electron chi connectivity index (χ2n) is 3.40. The van der Waals surface area contributed by atoms with Crippen LogP contribution in [-0.4, -0.2) is 19.6 Å². The molecular formula is C9H11Cl2NO4S. The molecule has 1 aromatic carbocycles. The van der Waals surface area contributed by atoms with Gasteiger partial charge < -0.3 is 5.11 Å². The van der Waals surface area contributed by atoms with Crippen molar-refractivity contribution < 1.29 is 17.7 Å². The van der Waals surface area contributed by atoms with Crippen LogP contribution in [0.25, 0.3) is 0 Å². The highest BCUT2D eigenvalue weighted by Crippen LogP contribution is 2.29. The largest absolute Gasteiger partial charge is 0.386 e. The van der Waals surface area contributed by atoms with Gasteiger partial charge in [0.25, 0.3) is 0 Å². The van der Waals surface area contributed by atoms with Crippen molar-refractivity contribution in [1.82, 2.24) is 0 Å². The van der Waals surface area contributed by atoms with E-state index in [1.807, 2.05) is 0 Å². The third-order valence-electron chi connectivity index (χ3n) is 2.01. The maximum absolute atomic E-state index is 10.7. The summed E-state index contributed by atoms with van der Waals surface area (Å²) in [6.45, 7) is 1.35. The van der Waals surface area contributed by atoms with Crippen LogP contribution in [0.1, 0.15) is 18.6 Å². The zero-order chi connectivity index (χ0) is 13.2. The molecule has 17 heavy (non-hydrogen) atoms. The van der Waals surface area contributed by atoms with Crippen molar-refractivity contribution in [3.05, 3.63) is 33.8 Å². The van der Waals surface area contributed by atoms with Crippen molar-refractivity contribution in [2.24, 2.45) is 5.14 Å². The van der Waals surface area contributed by atoms with E-state index < -0.39 is 22.5 Å². The molecule has 2 atom stereocenters. The Morgan fingerprint density at radius 1 is 1.41 bits per heavy atom. The van der Waals surface area contributed by atoms with Crippen molar-refractivity contribution in [2.45, 2.75) is 19.1 Å². The smallest absolute Gasteiger partial charge is 0.333 e. The van der Waals surface area contributed by atoms with Gasteiger partial charge in [0.05, 0.1) is 0 Å². The molecule has 0 aliphatic carbocycles. The lowest BCUT2D eigenvalue weighted by Gasteiger charge is -2.19. The number of nitrogens with two attached hydrogens (primary N) is 1. The zero-order valence-electron chi connectivity index (χ0n) is 8.80. The molecule has 0 aliphatic heterocycles. The molecule has 3 N–H and O–H groups in total. The first kappa shape index (κ1) is 14.7. The summed E-state index contributed by atoms with van der Waals surface area (Å²) >= 11 is 11.6. The summed E-state index contributed by atoms with van der Waals surface area (Å²) in [6, 6.07) is 4.47. The highest BCUT2D eigenvalue weighted by Gasteiger charge is 2.23. The third-order valence-corrected chi connectivity index (χ3v) is 3.16. The van der Waals surface area contributed by atoms with Crippen LogP contribution in [-0.2, 0) is 14.5 Å². The van der Waals surface area contributed by atoms with Gasteiger partial charge in [-0.25, -0.2) is 5.14 Å². The monoisotopic (exact) mass is 299 g/mol. The van der Waals surface area contributed by atoms with E-state index in [1.54, 1.807) is 6.07 Å². The molecule has 0 radical (unpaired) electrons. The van der Waals surface area contributed by atoms with Crippen LogP contribution >= 0.6 is 23.2 Å². The summed E-state index contributed by atoms with van der Waals surface area (Å²) in [5.41, 5.74) is 0.273. The highest BCUT2D eigenvalue weighted by atomic mass is 35.5. The van der Waals surface area contributed by atoms with Gasteiger partial charge >= 0.3 is 10.3 Å². The van der Waals surface area contributed by atoms with Crippen LogP contribution in [0.2, 0.25) is 10.0 Å². The van der Waals surface area contributed by atoms with Gasteiger partial charge in [0, 0.05) is 15.6 Å². The number of aliphatic hydroxyl groups excluding tert-OH is 1. The first-order chi connectivity index (χ1) is 7.70. The van der Waals surface area contributed by atoms with Crippen molar-refractivity contribution in [3.63, 3.8) is 0 Å². The van der Waals surface area contributed by atoms with E-state index in [1.165, 1.54) is 19.1 Å². The molecule has 8 heteroatoms. The van der Waals surface area contributed by atoms with Crippen LogP contribution in [0.4, 0.5) is 0 Å². The molecule has 1 aromatic rings. The number of rotatable bonds is 4. The van der Waals surface area contributed by atoms with Crippen molar-refractivity contribution in [1.29, 1.82) is 0 Å². The normalized spacial score (nSPS) is 15.6. The minimum absolute atomic E-state index is 0.256. The van der Waals surface area contributed by atoms with Gasteiger partial charge in [0.15, 0.2) is 0 Å². The molecule has 0 saturated heterocycles. The summed E-state index contributed by atoms with van der Waals surface area (Å²) in [7, 11) is -4.14. The fraction of sp³-hybridized carbons (Fsp3) is 0.333. The molecule has 0 heterocycles. The molecule has 0 spiro atoms. The predicted octanol–water partition coefficient (Wildman–Crippen LogP) is 1.64. The van der Waals surface area contributed by atoms with E-state index in [4.69, 9.17) is 28.3 Å². The maximum atomic E-state index is 10.7. The zero-order valence-corrected chi connectivity index (χ0v) is 11.1. The molecule has 96 valence electrons. The molecule has 0 saturated carbocycles. The molecule has 0 aromatic heterocycles. The Hall–Kier alpha value is -0.370. The van der Waals surface area contributed by atoms with Gasteiger partial charge in [-0.3, -0.25) is 4.18 Å². The fourth-order valence-electron chi connectivity index (χ4n) is 1.26. The number of hydrogen-bond donors (Lipinski definition) is 2. The predicted molar refractivity (Wildman–Crippen MR) is 65.1 cm³/mol. The van der Waals surface area contributed by atoms with Crippen LogP contribution < -0.4 is 5.14 Å². The van der Waals surface area contributed by atoms with Gasteiger partial charge in [-0.05, 0) is 25.1 Å². The Bertz CT molecular complexity index is 506. The summed E-state index contributed by atoms with van der Waals surface area (Å²) in [4.78, 5) is 0. The standard InChI is InChI=1S/C9H11Cl2NO4S/c1-5(16-17(12,14)15)9(13)7-4-6(10)2-3-8(7)11/h2-5,9,13H,1H3,(H2,12,14,15)/t5-,9+/m1/s1. The number of benzene rings is 1. The van der Waals surface area contributed by atoms with Crippen molar-refractivity contribution in [3.8, 4) is 0 Å². The van der Waals surface area contributed by atoms with Gasteiger partial charge in [0.1, 0.15) is 12.2 Å². The quantitative estimate of drug-likeness (QED) is 0.884. The SMILES string of the molecule is C[C@@H](OS(N)(=O)=O)[C@H](O)c1cc(Cl)ccc1Cl. The average Bonchev–Trinajstić information content (AvgIpc) is 2.18. The summed E-state index contributed by atoms with van der Waals surface area (Å²) in [6.07, 6.45) is -2.32. The Morgan fingerprint density at radius 3 is 2.53 bits per heavy atom. The Morgan fingerprint density at radius 2 is 2.00 bits per heavy atom. The Labute approximate surface area is 109 Å². The van der Waals surface area contributed by atoms with E-state index in [0.29, 0.717) is 5.02 Å². The second kappa shape index (κ2) is 5.51. The Kier molecular flexibility index (Phi) is 4.77. The van der Waals surface area contributed by atoms with Crippen molar-refractivity contribution in [2.75, 3.05) is 0 Å². The topological polar surface area (TPSA) is 89.6 Å². The second-order valence-corrected chi connectivity index (χ2v) is 5.43. The molecule has 1 rings (SSSR count). The minimum atomic E-state index is -4.14. The van der Waals surface area contributed by atoms with Crippen LogP contribution in [0.3, 0.4) is 0 Å². The van der Waals surface area contributed by atoms with Crippen LogP contribution in [0, 0.1) is 0 Å². The molecule has 0 amide bonds. The highest BCUT2D eigenvalue weighted by molar-refractivity contribution is 7.84. The van der Waals surface area contributed by atoms with E-state index in [-0.39, 0.29) is 10.6 Å².